The smallest absolute Gasteiger partial charge is 0.359 e. The molecule has 1 aromatic heterocycles. The predicted octanol–water partition coefficient (Wildman–Crippen LogP) is 3.12. The first-order chi connectivity index (χ1) is 17.0. The van der Waals surface area contributed by atoms with Crippen LogP contribution in [0.25, 0.3) is 10.8 Å². The number of aromatic nitrogens is 2. The van der Waals surface area contributed by atoms with Gasteiger partial charge in [0, 0.05) is 18.5 Å². The van der Waals surface area contributed by atoms with Crippen molar-refractivity contribution in [3.63, 3.8) is 0 Å². The number of hydrogen-bond acceptors (Lipinski definition) is 7. The number of fused-ring (bicyclic) bond motifs is 1. The Morgan fingerprint density at radius 1 is 1.00 bits per heavy atom. The number of unbranched alkanes of at least 4 members (excludes halogenated alkanes) is 2. The van der Waals surface area contributed by atoms with E-state index in [9.17, 15) is 14.4 Å². The molecular formula is C26H31N3O6. The van der Waals surface area contributed by atoms with Crippen molar-refractivity contribution >= 4 is 22.6 Å². The minimum Gasteiger partial charge on any atom is -0.493 e. The van der Waals surface area contributed by atoms with Gasteiger partial charge < -0.3 is 19.5 Å². The minimum atomic E-state index is -0.750. The minimum absolute atomic E-state index is 0.0230. The Labute approximate surface area is 204 Å². The number of methoxy groups -OCH3 is 2. The van der Waals surface area contributed by atoms with Crippen LogP contribution >= 0.6 is 0 Å². The van der Waals surface area contributed by atoms with Crippen LogP contribution in [0.5, 0.6) is 11.5 Å². The Morgan fingerprint density at radius 2 is 1.74 bits per heavy atom. The topological polar surface area (TPSA) is 109 Å². The van der Waals surface area contributed by atoms with Crippen LogP contribution in [0.2, 0.25) is 0 Å². The van der Waals surface area contributed by atoms with Crippen molar-refractivity contribution in [1.82, 2.24) is 15.1 Å². The SMILES string of the molecule is CCCCCn1nc(C(=O)OCC(=O)NCCc2ccc(OC)c(OC)c2)c2ccccc2c1=O. The summed E-state index contributed by atoms with van der Waals surface area (Å²) in [7, 11) is 3.13. The van der Waals surface area contributed by atoms with Gasteiger partial charge in [0.2, 0.25) is 0 Å². The van der Waals surface area contributed by atoms with Crippen molar-refractivity contribution in [2.45, 2.75) is 39.2 Å². The van der Waals surface area contributed by atoms with Crippen LogP contribution in [0, 0.1) is 0 Å². The average molecular weight is 482 g/mol. The summed E-state index contributed by atoms with van der Waals surface area (Å²) in [5, 5.41) is 7.79. The molecule has 3 aromatic rings. The Morgan fingerprint density at radius 3 is 2.46 bits per heavy atom. The number of hydrogen-bond donors (Lipinski definition) is 1. The number of esters is 1. The fraction of sp³-hybridized carbons (Fsp3) is 0.385. The van der Waals surface area contributed by atoms with Crippen LogP contribution in [0.15, 0.2) is 47.3 Å². The normalized spacial score (nSPS) is 10.7. The Hall–Kier alpha value is -3.88. The second-order valence-electron chi connectivity index (χ2n) is 8.00. The van der Waals surface area contributed by atoms with Gasteiger partial charge in [-0.1, -0.05) is 44.0 Å². The second kappa shape index (κ2) is 12.5. The quantitative estimate of drug-likeness (QED) is 0.313. The van der Waals surface area contributed by atoms with Crippen LogP contribution in [0.4, 0.5) is 0 Å². The highest BCUT2D eigenvalue weighted by atomic mass is 16.5. The number of amides is 1. The molecule has 0 aliphatic rings. The molecule has 0 radical (unpaired) electrons. The van der Waals surface area contributed by atoms with Gasteiger partial charge in [0.15, 0.2) is 23.8 Å². The number of carbonyl (C=O) groups excluding carboxylic acids is 2. The molecule has 0 spiro atoms. The fourth-order valence-corrected chi connectivity index (χ4v) is 3.68. The number of nitrogens with zero attached hydrogens (tertiary/aromatic N) is 2. The lowest BCUT2D eigenvalue weighted by atomic mass is 10.1. The average Bonchev–Trinajstić information content (AvgIpc) is 2.88. The summed E-state index contributed by atoms with van der Waals surface area (Å²) in [6.45, 7) is 2.39. The van der Waals surface area contributed by atoms with Crippen LogP contribution < -0.4 is 20.3 Å². The van der Waals surface area contributed by atoms with Crippen molar-refractivity contribution in [3.8, 4) is 11.5 Å². The molecule has 0 aliphatic heterocycles. The third-order valence-corrected chi connectivity index (χ3v) is 5.55. The maximum atomic E-state index is 12.8. The van der Waals surface area contributed by atoms with Gasteiger partial charge in [-0.2, -0.15) is 5.10 Å². The molecule has 1 amide bonds. The molecule has 3 rings (SSSR count). The zero-order chi connectivity index (χ0) is 25.2. The Balaban J connectivity index is 1.60. The van der Waals surface area contributed by atoms with Crippen LogP contribution in [-0.2, 0) is 22.5 Å². The Bertz CT molecular complexity index is 1240. The van der Waals surface area contributed by atoms with E-state index in [1.54, 1.807) is 44.6 Å². The summed E-state index contributed by atoms with van der Waals surface area (Å²) in [6, 6.07) is 12.3. The van der Waals surface area contributed by atoms with Crippen molar-refractivity contribution < 1.29 is 23.8 Å². The van der Waals surface area contributed by atoms with E-state index in [2.05, 4.69) is 17.3 Å². The van der Waals surface area contributed by atoms with Gasteiger partial charge in [0.1, 0.15) is 0 Å². The molecule has 9 heteroatoms. The summed E-state index contributed by atoms with van der Waals surface area (Å²) in [6.07, 6.45) is 3.29. The molecule has 0 bridgehead atoms. The third-order valence-electron chi connectivity index (χ3n) is 5.55. The first-order valence-corrected chi connectivity index (χ1v) is 11.6. The number of rotatable bonds is 12. The van der Waals surface area contributed by atoms with Crippen LogP contribution in [0.1, 0.15) is 42.2 Å². The van der Waals surface area contributed by atoms with Crippen LogP contribution in [-0.4, -0.2) is 49.0 Å². The lowest BCUT2D eigenvalue weighted by molar-refractivity contribution is -0.124. The van der Waals surface area contributed by atoms with E-state index in [1.807, 2.05) is 12.1 Å². The van der Waals surface area contributed by atoms with Gasteiger partial charge in [-0.3, -0.25) is 9.59 Å². The summed E-state index contributed by atoms with van der Waals surface area (Å²) < 4.78 is 17.0. The first-order valence-electron chi connectivity index (χ1n) is 11.6. The van der Waals surface area contributed by atoms with Crippen molar-refractivity contribution in [2.24, 2.45) is 0 Å². The number of benzene rings is 2. The zero-order valence-corrected chi connectivity index (χ0v) is 20.3. The first kappa shape index (κ1) is 25.7. The standard InChI is InChI=1S/C26H31N3O6/c1-4-5-8-15-29-25(31)20-10-7-6-9-19(20)24(28-29)26(32)35-17-23(30)27-14-13-18-11-12-21(33-2)22(16-18)34-3/h6-7,9-12,16H,4-5,8,13-15,17H2,1-3H3,(H,27,30). The third kappa shape index (κ3) is 6.59. The molecule has 0 saturated carbocycles. The molecule has 0 saturated heterocycles. The summed E-state index contributed by atoms with van der Waals surface area (Å²) >= 11 is 0. The zero-order valence-electron chi connectivity index (χ0n) is 20.3. The monoisotopic (exact) mass is 481 g/mol. The lowest BCUT2D eigenvalue weighted by Crippen LogP contribution is -2.31. The maximum absolute atomic E-state index is 12.8. The van der Waals surface area contributed by atoms with Crippen molar-refractivity contribution in [1.29, 1.82) is 0 Å². The highest BCUT2D eigenvalue weighted by Gasteiger charge is 2.19. The second-order valence-corrected chi connectivity index (χ2v) is 8.00. The highest BCUT2D eigenvalue weighted by Crippen LogP contribution is 2.27. The van der Waals surface area contributed by atoms with Gasteiger partial charge in [-0.25, -0.2) is 9.48 Å². The van der Waals surface area contributed by atoms with E-state index < -0.39 is 18.5 Å². The molecule has 0 aliphatic carbocycles. The fourth-order valence-electron chi connectivity index (χ4n) is 3.68. The van der Waals surface area contributed by atoms with Gasteiger partial charge >= 0.3 is 5.97 Å². The van der Waals surface area contributed by atoms with Gasteiger partial charge in [-0.15, -0.1) is 0 Å². The van der Waals surface area contributed by atoms with Crippen LogP contribution in [0.3, 0.4) is 0 Å². The van der Waals surface area contributed by atoms with Gasteiger partial charge in [-0.05, 0) is 36.6 Å². The van der Waals surface area contributed by atoms with E-state index in [4.69, 9.17) is 14.2 Å². The highest BCUT2D eigenvalue weighted by molar-refractivity contribution is 6.02. The molecule has 1 N–H and O–H groups in total. The van der Waals surface area contributed by atoms with E-state index >= 15 is 0 Å². The van der Waals surface area contributed by atoms with Gasteiger partial charge in [0.25, 0.3) is 11.5 Å². The number of nitrogens with one attached hydrogen (secondary N) is 1. The molecule has 0 unspecified atom stereocenters. The molecular weight excluding hydrogens is 450 g/mol. The van der Waals surface area contributed by atoms with E-state index in [1.165, 1.54) is 4.68 Å². The van der Waals surface area contributed by atoms with Crippen molar-refractivity contribution in [3.05, 3.63) is 64.1 Å². The largest absolute Gasteiger partial charge is 0.493 e. The number of ether oxygens (including phenoxy) is 3. The van der Waals surface area contributed by atoms with E-state index in [-0.39, 0.29) is 11.3 Å². The molecule has 2 aromatic carbocycles. The molecule has 0 atom stereocenters. The van der Waals surface area contributed by atoms with Gasteiger partial charge in [0.05, 0.1) is 19.6 Å². The molecule has 9 nitrogen and oxygen atoms in total. The maximum Gasteiger partial charge on any atom is 0.359 e. The summed E-state index contributed by atoms with van der Waals surface area (Å²) in [5.41, 5.74) is 0.733. The molecule has 186 valence electrons. The molecule has 1 heterocycles. The number of aryl methyl sites for hydroxylation is 1. The van der Waals surface area contributed by atoms with Crippen molar-refractivity contribution in [2.75, 3.05) is 27.4 Å². The number of carbonyl (C=O) groups is 2. The Kier molecular flexibility index (Phi) is 9.23. The molecule has 35 heavy (non-hydrogen) atoms. The van der Waals surface area contributed by atoms with E-state index in [0.29, 0.717) is 41.8 Å². The van der Waals surface area contributed by atoms with E-state index in [0.717, 1.165) is 24.8 Å². The summed E-state index contributed by atoms with van der Waals surface area (Å²) in [5.74, 6) is 0.0610. The summed E-state index contributed by atoms with van der Waals surface area (Å²) in [4.78, 5) is 37.8. The predicted molar refractivity (Wildman–Crippen MR) is 132 cm³/mol. The molecule has 0 fully saturated rings. The lowest BCUT2D eigenvalue weighted by Gasteiger charge is -2.11.